The molecule has 1 aromatic rings. The first-order valence-corrected chi connectivity index (χ1v) is 13.0. The van der Waals surface area contributed by atoms with E-state index in [1.807, 2.05) is 0 Å². The Kier molecular flexibility index (Phi) is 6.15. The molecule has 0 bridgehead atoms. The lowest BCUT2D eigenvalue weighted by atomic mass is 9.84. The van der Waals surface area contributed by atoms with E-state index >= 15 is 4.39 Å². The summed E-state index contributed by atoms with van der Waals surface area (Å²) >= 11 is 0. The van der Waals surface area contributed by atoms with Crippen molar-refractivity contribution in [3.63, 3.8) is 0 Å². The number of nitrogens with zero attached hydrogens (tertiary/aromatic N) is 1. The molecule has 0 aromatic heterocycles. The van der Waals surface area contributed by atoms with Crippen molar-refractivity contribution in [3.8, 4) is 11.8 Å². The van der Waals surface area contributed by atoms with E-state index in [1.165, 1.54) is 0 Å². The molecule has 5 nitrogen and oxygen atoms in total. The van der Waals surface area contributed by atoms with Crippen molar-refractivity contribution in [2.45, 2.75) is 70.9 Å². The maximum absolute atomic E-state index is 15.3. The van der Waals surface area contributed by atoms with Crippen molar-refractivity contribution in [1.29, 1.82) is 0 Å². The molecular formula is C24H31FN2O3S. The molecule has 3 aliphatic rings. The van der Waals surface area contributed by atoms with Gasteiger partial charge in [-0.3, -0.25) is 4.79 Å². The van der Waals surface area contributed by atoms with Crippen LogP contribution >= 0.6 is 0 Å². The molecule has 2 aliphatic carbocycles. The van der Waals surface area contributed by atoms with Crippen LogP contribution in [0.1, 0.15) is 63.5 Å². The van der Waals surface area contributed by atoms with Gasteiger partial charge in [0, 0.05) is 23.9 Å². The van der Waals surface area contributed by atoms with Gasteiger partial charge in [-0.05, 0) is 64.0 Å². The molecule has 168 valence electrons. The van der Waals surface area contributed by atoms with Crippen molar-refractivity contribution in [2.24, 2.45) is 11.3 Å². The van der Waals surface area contributed by atoms with Crippen LogP contribution in [0.5, 0.6) is 0 Å². The lowest BCUT2D eigenvalue weighted by Gasteiger charge is -2.34. The van der Waals surface area contributed by atoms with Crippen molar-refractivity contribution < 1.29 is 17.6 Å². The van der Waals surface area contributed by atoms with Crippen molar-refractivity contribution in [3.05, 3.63) is 35.1 Å². The standard InChI is InChI=1S/C24H31FN2O3S/c1-3-31(29,30)26-20-11-15-27(23(28)18-7-5-8-18)21(20)16-19-9-4-6-17(22(19)25)10-12-24(2)13-14-24/h4,6,9,18,20-21,26H,3,5,7-8,11,13-16H2,1-2H3. The predicted molar refractivity (Wildman–Crippen MR) is 118 cm³/mol. The van der Waals surface area contributed by atoms with Gasteiger partial charge in [0.05, 0.1) is 17.4 Å². The number of carbonyl (C=O) groups is 1. The molecule has 2 atom stereocenters. The van der Waals surface area contributed by atoms with E-state index in [-0.39, 0.29) is 35.2 Å². The maximum Gasteiger partial charge on any atom is 0.225 e. The number of likely N-dealkylation sites (tertiary alicyclic amines) is 1. The molecule has 7 heteroatoms. The van der Waals surface area contributed by atoms with Gasteiger partial charge in [-0.1, -0.05) is 30.4 Å². The van der Waals surface area contributed by atoms with Crippen LogP contribution in [0.4, 0.5) is 4.39 Å². The Balaban J connectivity index is 1.59. The number of amides is 1. The number of halogens is 1. The first kappa shape index (κ1) is 22.3. The fourth-order valence-corrected chi connectivity index (χ4v) is 5.21. The highest BCUT2D eigenvalue weighted by Gasteiger charge is 2.42. The van der Waals surface area contributed by atoms with Crippen LogP contribution < -0.4 is 4.72 Å². The van der Waals surface area contributed by atoms with E-state index in [4.69, 9.17) is 0 Å². The van der Waals surface area contributed by atoms with Gasteiger partial charge in [0.2, 0.25) is 15.9 Å². The Morgan fingerprint density at radius 2 is 2.03 bits per heavy atom. The molecule has 4 rings (SSSR count). The van der Waals surface area contributed by atoms with E-state index in [1.54, 1.807) is 30.0 Å². The summed E-state index contributed by atoms with van der Waals surface area (Å²) in [6, 6.07) is 4.38. The van der Waals surface area contributed by atoms with Gasteiger partial charge in [0.1, 0.15) is 5.82 Å². The summed E-state index contributed by atoms with van der Waals surface area (Å²) in [7, 11) is -3.43. The van der Waals surface area contributed by atoms with Crippen LogP contribution in [0.3, 0.4) is 0 Å². The van der Waals surface area contributed by atoms with Gasteiger partial charge >= 0.3 is 0 Å². The summed E-state index contributed by atoms with van der Waals surface area (Å²) < 4.78 is 42.5. The number of rotatable bonds is 6. The zero-order valence-electron chi connectivity index (χ0n) is 18.3. The van der Waals surface area contributed by atoms with Gasteiger partial charge in [0.15, 0.2) is 0 Å². The largest absolute Gasteiger partial charge is 0.337 e. The average Bonchev–Trinajstić information content (AvgIpc) is 3.30. The second-order valence-corrected chi connectivity index (χ2v) is 11.5. The van der Waals surface area contributed by atoms with Gasteiger partial charge in [-0.25, -0.2) is 17.5 Å². The Morgan fingerprint density at radius 1 is 1.29 bits per heavy atom. The molecule has 3 fully saturated rings. The fraction of sp³-hybridized carbons (Fsp3) is 0.625. The minimum Gasteiger partial charge on any atom is -0.337 e. The van der Waals surface area contributed by atoms with E-state index in [2.05, 4.69) is 23.5 Å². The monoisotopic (exact) mass is 446 g/mol. The minimum absolute atomic E-state index is 0.00339. The van der Waals surface area contributed by atoms with Crippen LogP contribution in [-0.2, 0) is 21.2 Å². The Bertz CT molecular complexity index is 1020. The second kappa shape index (κ2) is 8.55. The number of carbonyl (C=O) groups excluding carboxylic acids is 1. The summed E-state index contributed by atoms with van der Waals surface area (Å²) in [4.78, 5) is 14.8. The minimum atomic E-state index is -3.43. The topological polar surface area (TPSA) is 66.5 Å². The van der Waals surface area contributed by atoms with Crippen molar-refractivity contribution in [1.82, 2.24) is 9.62 Å². The van der Waals surface area contributed by atoms with Crippen molar-refractivity contribution in [2.75, 3.05) is 12.3 Å². The third-order valence-electron chi connectivity index (χ3n) is 7.00. The Labute approximate surface area is 184 Å². The van der Waals surface area contributed by atoms with Crippen LogP contribution in [0.15, 0.2) is 18.2 Å². The van der Waals surface area contributed by atoms with Gasteiger partial charge in [-0.2, -0.15) is 0 Å². The molecule has 2 saturated carbocycles. The average molecular weight is 447 g/mol. The maximum atomic E-state index is 15.3. The molecule has 0 spiro atoms. The number of hydrogen-bond acceptors (Lipinski definition) is 3. The predicted octanol–water partition coefficient (Wildman–Crippen LogP) is 3.23. The molecule has 1 saturated heterocycles. The number of nitrogens with one attached hydrogen (secondary N) is 1. The summed E-state index contributed by atoms with van der Waals surface area (Å²) in [6.45, 7) is 4.16. The second-order valence-electron chi connectivity index (χ2n) is 9.44. The van der Waals surface area contributed by atoms with E-state index in [9.17, 15) is 13.2 Å². The lowest BCUT2D eigenvalue weighted by Crippen LogP contribution is -2.50. The lowest BCUT2D eigenvalue weighted by molar-refractivity contribution is -0.139. The SMILES string of the molecule is CCS(=O)(=O)NC1CCN(C(=O)C2CCC2)C1Cc1cccc(C#CC2(C)CC2)c1F. The summed E-state index contributed by atoms with van der Waals surface area (Å²) in [5.74, 6) is 5.87. The van der Waals surface area contributed by atoms with Gasteiger partial charge < -0.3 is 4.90 Å². The smallest absolute Gasteiger partial charge is 0.225 e. The Morgan fingerprint density at radius 3 is 2.65 bits per heavy atom. The number of sulfonamides is 1. The van der Waals surface area contributed by atoms with Crippen LogP contribution in [0.25, 0.3) is 0 Å². The van der Waals surface area contributed by atoms with Gasteiger partial charge in [0.25, 0.3) is 0 Å². The zero-order valence-corrected chi connectivity index (χ0v) is 19.1. The molecule has 1 amide bonds. The number of hydrogen-bond donors (Lipinski definition) is 1. The highest BCUT2D eigenvalue weighted by atomic mass is 32.2. The normalized spacial score (nSPS) is 24.9. The van der Waals surface area contributed by atoms with Gasteiger partial charge in [-0.15, -0.1) is 0 Å². The van der Waals surface area contributed by atoms with Crippen molar-refractivity contribution >= 4 is 15.9 Å². The highest BCUT2D eigenvalue weighted by Crippen LogP contribution is 2.44. The third kappa shape index (κ3) is 4.96. The molecule has 1 aliphatic heterocycles. The van der Waals surface area contributed by atoms with E-state index in [0.29, 0.717) is 24.1 Å². The molecule has 2 unspecified atom stereocenters. The van der Waals surface area contributed by atoms with E-state index < -0.39 is 22.1 Å². The molecule has 1 N–H and O–H groups in total. The first-order chi connectivity index (χ1) is 14.7. The van der Waals surface area contributed by atoms with Crippen LogP contribution in [-0.4, -0.2) is 43.6 Å². The van der Waals surface area contributed by atoms with E-state index in [0.717, 1.165) is 32.1 Å². The first-order valence-electron chi connectivity index (χ1n) is 11.3. The molecule has 31 heavy (non-hydrogen) atoms. The summed E-state index contributed by atoms with van der Waals surface area (Å²) in [5.41, 5.74) is 0.849. The van der Waals surface area contributed by atoms with Crippen LogP contribution in [0.2, 0.25) is 0 Å². The fourth-order valence-electron chi connectivity index (χ4n) is 4.31. The molecular weight excluding hydrogens is 415 g/mol. The quantitative estimate of drug-likeness (QED) is 0.683. The summed E-state index contributed by atoms with van der Waals surface area (Å²) in [5, 5.41) is 0. The highest BCUT2D eigenvalue weighted by molar-refractivity contribution is 7.89. The Hall–Kier alpha value is -1.91. The van der Waals surface area contributed by atoms with Crippen LogP contribution in [0, 0.1) is 29.0 Å². The molecule has 1 heterocycles. The molecule has 1 aromatic carbocycles. The summed E-state index contributed by atoms with van der Waals surface area (Å²) in [6.07, 6.45) is 5.71. The molecule has 0 radical (unpaired) electrons. The zero-order chi connectivity index (χ0) is 22.2. The third-order valence-corrected chi connectivity index (χ3v) is 8.42. The number of benzene rings is 1.